The van der Waals surface area contributed by atoms with Gasteiger partial charge in [0.2, 0.25) is 0 Å². The number of hydrogen-bond donors (Lipinski definition) is 2. The summed E-state index contributed by atoms with van der Waals surface area (Å²) in [4.78, 5) is 22.8. The normalized spacial score (nSPS) is 32.1. The first-order valence-corrected chi connectivity index (χ1v) is 4.96. The Labute approximate surface area is 87.2 Å². The molecular formula is C9H14N2O4. The summed E-state index contributed by atoms with van der Waals surface area (Å²) in [5, 5.41) is 11.1. The van der Waals surface area contributed by atoms with Gasteiger partial charge in [-0.25, -0.2) is 9.59 Å². The van der Waals surface area contributed by atoms with E-state index in [1.165, 1.54) is 11.9 Å². The second-order valence-electron chi connectivity index (χ2n) is 4.03. The van der Waals surface area contributed by atoms with Crippen LogP contribution in [0, 0.1) is 17.8 Å². The number of nitrogens with zero attached hydrogens (tertiary/aromatic N) is 1. The van der Waals surface area contributed by atoms with Crippen LogP contribution in [0.3, 0.4) is 0 Å². The second kappa shape index (κ2) is 3.60. The number of fused-ring (bicyclic) bond motifs is 1. The van der Waals surface area contributed by atoms with Gasteiger partial charge < -0.3 is 20.1 Å². The van der Waals surface area contributed by atoms with Crippen molar-refractivity contribution in [3.8, 4) is 0 Å². The van der Waals surface area contributed by atoms with Crippen molar-refractivity contribution >= 4 is 12.2 Å². The van der Waals surface area contributed by atoms with Gasteiger partial charge in [-0.05, 0) is 11.8 Å². The molecule has 0 aromatic carbocycles. The van der Waals surface area contributed by atoms with Gasteiger partial charge in [-0.15, -0.1) is 0 Å². The van der Waals surface area contributed by atoms with E-state index in [4.69, 9.17) is 9.84 Å². The molecule has 6 heteroatoms. The summed E-state index contributed by atoms with van der Waals surface area (Å²) < 4.78 is 4.93. The van der Waals surface area contributed by atoms with Crippen LogP contribution in [-0.2, 0) is 4.74 Å². The molecule has 1 saturated carbocycles. The van der Waals surface area contributed by atoms with Crippen molar-refractivity contribution in [1.29, 1.82) is 0 Å². The van der Waals surface area contributed by atoms with E-state index in [0.717, 1.165) is 0 Å². The third-order valence-corrected chi connectivity index (χ3v) is 3.25. The lowest BCUT2D eigenvalue weighted by Gasteiger charge is -2.15. The van der Waals surface area contributed by atoms with Gasteiger partial charge in [0.15, 0.2) is 0 Å². The topological polar surface area (TPSA) is 78.9 Å². The number of carbonyl (C=O) groups is 2. The van der Waals surface area contributed by atoms with E-state index in [2.05, 4.69) is 5.32 Å². The van der Waals surface area contributed by atoms with E-state index in [9.17, 15) is 9.59 Å². The molecule has 0 aromatic heterocycles. The molecule has 2 fully saturated rings. The van der Waals surface area contributed by atoms with Crippen LogP contribution in [0.15, 0.2) is 0 Å². The van der Waals surface area contributed by atoms with Crippen LogP contribution in [0.5, 0.6) is 0 Å². The quantitative estimate of drug-likeness (QED) is 0.688. The highest BCUT2D eigenvalue weighted by Crippen LogP contribution is 2.51. The summed E-state index contributed by atoms with van der Waals surface area (Å²) in [5.74, 6) is 1.15. The number of piperidine rings is 1. The zero-order valence-electron chi connectivity index (χ0n) is 8.47. The molecule has 15 heavy (non-hydrogen) atoms. The highest BCUT2D eigenvalue weighted by Gasteiger charge is 2.57. The molecule has 0 bridgehead atoms. The van der Waals surface area contributed by atoms with Gasteiger partial charge >= 0.3 is 12.2 Å². The maximum Gasteiger partial charge on any atom is 0.407 e. The molecule has 1 aliphatic heterocycles. The van der Waals surface area contributed by atoms with Gasteiger partial charge in [-0.1, -0.05) is 0 Å². The largest absolute Gasteiger partial charge is 0.465 e. The molecule has 0 radical (unpaired) electrons. The second-order valence-corrected chi connectivity index (χ2v) is 4.03. The van der Waals surface area contributed by atoms with Gasteiger partial charge in [-0.3, -0.25) is 0 Å². The third-order valence-electron chi connectivity index (χ3n) is 3.25. The molecule has 84 valence electrons. The first-order chi connectivity index (χ1) is 7.13. The Bertz CT molecular complexity index is 282. The van der Waals surface area contributed by atoms with Crippen LogP contribution in [0.1, 0.15) is 0 Å². The lowest BCUT2D eigenvalue weighted by atomic mass is 10.3. The van der Waals surface area contributed by atoms with Gasteiger partial charge in [0, 0.05) is 26.1 Å². The highest BCUT2D eigenvalue weighted by molar-refractivity contribution is 5.67. The predicted octanol–water partition coefficient (Wildman–Crippen LogP) is 0.198. The van der Waals surface area contributed by atoms with E-state index in [1.54, 1.807) is 0 Å². The molecule has 1 aliphatic carbocycles. The van der Waals surface area contributed by atoms with Crippen molar-refractivity contribution in [2.75, 3.05) is 26.7 Å². The van der Waals surface area contributed by atoms with Crippen molar-refractivity contribution in [2.45, 2.75) is 0 Å². The molecule has 1 heterocycles. The van der Waals surface area contributed by atoms with Crippen LogP contribution >= 0.6 is 0 Å². The number of ether oxygens (including phenoxy) is 1. The molecule has 2 N–H and O–H groups in total. The Hall–Kier alpha value is -1.46. The van der Waals surface area contributed by atoms with Gasteiger partial charge in [0.05, 0.1) is 6.61 Å². The molecule has 2 rings (SSSR count). The van der Waals surface area contributed by atoms with E-state index >= 15 is 0 Å². The first-order valence-electron chi connectivity index (χ1n) is 4.96. The van der Waals surface area contributed by atoms with E-state index in [1.807, 2.05) is 0 Å². The van der Waals surface area contributed by atoms with Gasteiger partial charge in [0.1, 0.15) is 0 Å². The van der Waals surface area contributed by atoms with Crippen molar-refractivity contribution < 1.29 is 19.4 Å². The first kappa shape index (κ1) is 10.1. The average molecular weight is 214 g/mol. The van der Waals surface area contributed by atoms with Crippen LogP contribution in [0.25, 0.3) is 0 Å². The van der Waals surface area contributed by atoms with Crippen molar-refractivity contribution in [3.63, 3.8) is 0 Å². The summed E-state index contributed by atoms with van der Waals surface area (Å²) in [7, 11) is 1.52. The van der Waals surface area contributed by atoms with Crippen LogP contribution < -0.4 is 5.32 Å². The Balaban J connectivity index is 1.71. The summed E-state index contributed by atoms with van der Waals surface area (Å²) >= 11 is 0. The standard InChI is InChI=1S/C9H14N2O4/c1-10-8(12)15-4-7-5-2-11(9(13)14)3-6(5)7/h5-7H,2-4H2,1H3,(H,10,12)(H,13,14)/t5-,6+,7+. The van der Waals surface area contributed by atoms with Gasteiger partial charge in [0.25, 0.3) is 0 Å². The average Bonchev–Trinajstić information content (AvgIpc) is 2.67. The SMILES string of the molecule is CNC(=O)OC[C@@H]1[C@H]2CN(C(=O)O)C[C@@H]12. The summed E-state index contributed by atoms with van der Waals surface area (Å²) in [6, 6.07) is 0. The lowest BCUT2D eigenvalue weighted by Crippen LogP contribution is -2.31. The van der Waals surface area contributed by atoms with Crippen molar-refractivity contribution in [2.24, 2.45) is 17.8 Å². The van der Waals surface area contributed by atoms with E-state index in [0.29, 0.717) is 37.5 Å². The van der Waals surface area contributed by atoms with E-state index in [-0.39, 0.29) is 0 Å². The number of likely N-dealkylation sites (tertiary alicyclic amines) is 1. The zero-order valence-corrected chi connectivity index (χ0v) is 8.47. The number of alkyl carbamates (subject to hydrolysis) is 1. The van der Waals surface area contributed by atoms with Crippen molar-refractivity contribution in [1.82, 2.24) is 10.2 Å². The van der Waals surface area contributed by atoms with Crippen LogP contribution in [-0.4, -0.2) is 48.9 Å². The number of nitrogens with one attached hydrogen (secondary N) is 1. The minimum absolute atomic E-state index is 0.359. The smallest absolute Gasteiger partial charge is 0.407 e. The Morgan fingerprint density at radius 2 is 2.07 bits per heavy atom. The Kier molecular flexibility index (Phi) is 2.42. The molecule has 6 nitrogen and oxygen atoms in total. The lowest BCUT2D eigenvalue weighted by molar-refractivity contribution is 0.126. The molecule has 2 amide bonds. The predicted molar refractivity (Wildman–Crippen MR) is 50.5 cm³/mol. The molecule has 0 aromatic rings. The fraction of sp³-hybridized carbons (Fsp3) is 0.778. The van der Waals surface area contributed by atoms with Gasteiger partial charge in [-0.2, -0.15) is 0 Å². The molecule has 2 aliphatic rings. The summed E-state index contributed by atoms with van der Waals surface area (Å²) in [6.07, 6.45) is -1.27. The number of hydrogen-bond acceptors (Lipinski definition) is 3. The third kappa shape index (κ3) is 1.84. The molecule has 0 unspecified atom stereocenters. The monoisotopic (exact) mass is 214 g/mol. The summed E-state index contributed by atoms with van der Waals surface area (Å²) in [6.45, 7) is 1.58. The van der Waals surface area contributed by atoms with Crippen LogP contribution in [0.2, 0.25) is 0 Å². The molecule has 0 spiro atoms. The fourth-order valence-electron chi connectivity index (χ4n) is 2.30. The van der Waals surface area contributed by atoms with Crippen LogP contribution in [0.4, 0.5) is 9.59 Å². The molecule has 3 atom stereocenters. The highest BCUT2D eigenvalue weighted by atomic mass is 16.5. The fourth-order valence-corrected chi connectivity index (χ4v) is 2.30. The molecular weight excluding hydrogens is 200 g/mol. The minimum Gasteiger partial charge on any atom is -0.465 e. The maximum absolute atomic E-state index is 10.8. The Morgan fingerprint density at radius 3 is 2.53 bits per heavy atom. The number of rotatable bonds is 2. The van der Waals surface area contributed by atoms with E-state index < -0.39 is 12.2 Å². The summed E-state index contributed by atoms with van der Waals surface area (Å²) in [5.41, 5.74) is 0. The number of carboxylic acid groups (broad SMARTS) is 1. The Morgan fingerprint density at radius 1 is 1.47 bits per heavy atom. The van der Waals surface area contributed by atoms with Crippen molar-refractivity contribution in [3.05, 3.63) is 0 Å². The zero-order chi connectivity index (χ0) is 11.0. The number of amides is 2. The minimum atomic E-state index is -0.854. The number of carbonyl (C=O) groups excluding carboxylic acids is 1. The molecule has 1 saturated heterocycles. The maximum atomic E-state index is 10.8.